The average Bonchev–Trinajstić information content (AvgIpc) is 2.37. The largest absolute Gasteiger partial charge is 0.508 e. The lowest BCUT2D eigenvalue weighted by atomic mass is 10.1. The van der Waals surface area contributed by atoms with Crippen LogP contribution in [0.5, 0.6) is 11.5 Å². The highest BCUT2D eigenvalue weighted by Gasteiger charge is 2.02. The fourth-order valence-corrected chi connectivity index (χ4v) is 1.51. The highest BCUT2D eigenvalue weighted by molar-refractivity contribution is 5.32. The SMILES string of the molecule is NCc1cnccc1COc1cccc(O)c1. The third kappa shape index (κ3) is 2.95. The zero-order valence-electron chi connectivity index (χ0n) is 9.34. The number of hydrogen-bond acceptors (Lipinski definition) is 4. The minimum atomic E-state index is 0.191. The van der Waals surface area contributed by atoms with Crippen molar-refractivity contribution in [3.63, 3.8) is 0 Å². The highest BCUT2D eigenvalue weighted by Crippen LogP contribution is 2.19. The smallest absolute Gasteiger partial charge is 0.123 e. The Morgan fingerprint density at radius 1 is 1.24 bits per heavy atom. The van der Waals surface area contributed by atoms with Gasteiger partial charge in [-0.15, -0.1) is 0 Å². The van der Waals surface area contributed by atoms with Crippen LogP contribution >= 0.6 is 0 Å². The summed E-state index contributed by atoms with van der Waals surface area (Å²) in [4.78, 5) is 4.01. The molecule has 17 heavy (non-hydrogen) atoms. The van der Waals surface area contributed by atoms with E-state index in [-0.39, 0.29) is 5.75 Å². The maximum absolute atomic E-state index is 9.30. The topological polar surface area (TPSA) is 68.4 Å². The molecule has 0 aliphatic carbocycles. The van der Waals surface area contributed by atoms with E-state index in [9.17, 15) is 5.11 Å². The number of nitrogens with two attached hydrogens (primary N) is 1. The molecule has 3 N–H and O–H groups in total. The van der Waals surface area contributed by atoms with Crippen molar-refractivity contribution in [2.45, 2.75) is 13.2 Å². The maximum atomic E-state index is 9.30. The minimum Gasteiger partial charge on any atom is -0.508 e. The summed E-state index contributed by atoms with van der Waals surface area (Å²) < 4.78 is 5.57. The van der Waals surface area contributed by atoms with Crippen LogP contribution in [0.3, 0.4) is 0 Å². The summed E-state index contributed by atoms with van der Waals surface area (Å²) >= 11 is 0. The lowest BCUT2D eigenvalue weighted by Gasteiger charge is -2.09. The van der Waals surface area contributed by atoms with Crippen LogP contribution in [-0.2, 0) is 13.2 Å². The summed E-state index contributed by atoms with van der Waals surface area (Å²) in [5.41, 5.74) is 7.58. The number of benzene rings is 1. The molecule has 1 aromatic heterocycles. The van der Waals surface area contributed by atoms with Gasteiger partial charge >= 0.3 is 0 Å². The Kier molecular flexibility index (Phi) is 3.57. The second-order valence-corrected chi connectivity index (χ2v) is 3.63. The van der Waals surface area contributed by atoms with E-state index in [2.05, 4.69) is 4.98 Å². The van der Waals surface area contributed by atoms with Crippen LogP contribution in [0, 0.1) is 0 Å². The first-order valence-corrected chi connectivity index (χ1v) is 5.33. The Labute approximate surface area is 99.7 Å². The summed E-state index contributed by atoms with van der Waals surface area (Å²) in [5.74, 6) is 0.820. The number of aromatic nitrogens is 1. The molecule has 0 bridgehead atoms. The van der Waals surface area contributed by atoms with E-state index < -0.39 is 0 Å². The average molecular weight is 230 g/mol. The van der Waals surface area contributed by atoms with E-state index >= 15 is 0 Å². The van der Waals surface area contributed by atoms with Crippen molar-refractivity contribution >= 4 is 0 Å². The van der Waals surface area contributed by atoms with E-state index in [1.165, 1.54) is 0 Å². The zero-order valence-corrected chi connectivity index (χ0v) is 9.34. The number of rotatable bonds is 4. The lowest BCUT2D eigenvalue weighted by Crippen LogP contribution is -2.05. The van der Waals surface area contributed by atoms with Gasteiger partial charge in [-0.1, -0.05) is 6.07 Å². The first-order valence-electron chi connectivity index (χ1n) is 5.33. The molecule has 0 spiro atoms. The number of ether oxygens (including phenoxy) is 1. The standard InChI is InChI=1S/C13H14N2O2/c14-7-11-8-15-5-4-10(11)9-17-13-3-1-2-12(16)6-13/h1-6,8,16H,7,9,14H2. The van der Waals surface area contributed by atoms with Crippen molar-refractivity contribution in [3.8, 4) is 11.5 Å². The molecular weight excluding hydrogens is 216 g/mol. The van der Waals surface area contributed by atoms with Gasteiger partial charge in [0.2, 0.25) is 0 Å². The van der Waals surface area contributed by atoms with Crippen LogP contribution in [0.4, 0.5) is 0 Å². The predicted octanol–water partition coefficient (Wildman–Crippen LogP) is 1.82. The molecule has 4 nitrogen and oxygen atoms in total. The third-order valence-electron chi connectivity index (χ3n) is 2.44. The molecule has 0 saturated heterocycles. The van der Waals surface area contributed by atoms with Crippen LogP contribution in [0.1, 0.15) is 11.1 Å². The molecule has 2 rings (SSSR count). The van der Waals surface area contributed by atoms with E-state index in [0.717, 1.165) is 11.1 Å². The second-order valence-electron chi connectivity index (χ2n) is 3.63. The van der Waals surface area contributed by atoms with E-state index in [0.29, 0.717) is 18.9 Å². The monoisotopic (exact) mass is 230 g/mol. The molecule has 88 valence electrons. The van der Waals surface area contributed by atoms with Gasteiger partial charge in [-0.05, 0) is 29.3 Å². The third-order valence-corrected chi connectivity index (χ3v) is 2.44. The maximum Gasteiger partial charge on any atom is 0.123 e. The molecule has 2 aromatic rings. The molecule has 0 aliphatic rings. The summed E-state index contributed by atoms with van der Waals surface area (Å²) in [6, 6.07) is 8.59. The van der Waals surface area contributed by atoms with Crippen molar-refractivity contribution < 1.29 is 9.84 Å². The molecule has 0 fully saturated rings. The zero-order chi connectivity index (χ0) is 12.1. The van der Waals surface area contributed by atoms with Gasteiger partial charge < -0.3 is 15.6 Å². The molecule has 1 heterocycles. The number of pyridine rings is 1. The Morgan fingerprint density at radius 2 is 2.12 bits per heavy atom. The molecule has 0 atom stereocenters. The van der Waals surface area contributed by atoms with E-state index in [1.54, 1.807) is 36.7 Å². The molecule has 1 aromatic carbocycles. The van der Waals surface area contributed by atoms with Crippen LogP contribution in [0.2, 0.25) is 0 Å². The van der Waals surface area contributed by atoms with Gasteiger partial charge in [-0.2, -0.15) is 0 Å². The molecule has 0 unspecified atom stereocenters. The van der Waals surface area contributed by atoms with Gasteiger partial charge in [0, 0.05) is 25.0 Å². The van der Waals surface area contributed by atoms with Crippen molar-refractivity contribution in [1.29, 1.82) is 0 Å². The summed E-state index contributed by atoms with van der Waals surface area (Å²) in [6.45, 7) is 0.852. The van der Waals surface area contributed by atoms with Crippen molar-refractivity contribution in [2.24, 2.45) is 5.73 Å². The number of aromatic hydroxyl groups is 1. The van der Waals surface area contributed by atoms with Gasteiger partial charge in [0.05, 0.1) is 0 Å². The van der Waals surface area contributed by atoms with Crippen LogP contribution in [0.25, 0.3) is 0 Å². The second kappa shape index (κ2) is 5.32. The van der Waals surface area contributed by atoms with Crippen LogP contribution in [-0.4, -0.2) is 10.1 Å². The fourth-order valence-electron chi connectivity index (χ4n) is 1.51. The molecular formula is C13H14N2O2. The predicted molar refractivity (Wildman–Crippen MR) is 64.6 cm³/mol. The van der Waals surface area contributed by atoms with Gasteiger partial charge in [-0.3, -0.25) is 4.98 Å². The molecule has 0 aliphatic heterocycles. The van der Waals surface area contributed by atoms with Crippen molar-refractivity contribution in [1.82, 2.24) is 4.98 Å². The van der Waals surface area contributed by atoms with Gasteiger partial charge in [0.1, 0.15) is 18.1 Å². The van der Waals surface area contributed by atoms with Crippen molar-refractivity contribution in [2.75, 3.05) is 0 Å². The molecule has 0 amide bonds. The molecule has 0 radical (unpaired) electrons. The Morgan fingerprint density at radius 3 is 2.88 bits per heavy atom. The van der Waals surface area contributed by atoms with Crippen LogP contribution in [0.15, 0.2) is 42.7 Å². The van der Waals surface area contributed by atoms with E-state index in [1.807, 2.05) is 6.07 Å². The summed E-state index contributed by atoms with van der Waals surface area (Å²) in [7, 11) is 0. The van der Waals surface area contributed by atoms with Crippen molar-refractivity contribution in [3.05, 3.63) is 53.9 Å². The highest BCUT2D eigenvalue weighted by atomic mass is 16.5. The lowest BCUT2D eigenvalue weighted by molar-refractivity contribution is 0.303. The minimum absolute atomic E-state index is 0.191. The number of hydrogen-bond donors (Lipinski definition) is 2. The fraction of sp³-hybridized carbons (Fsp3) is 0.154. The van der Waals surface area contributed by atoms with Gasteiger partial charge in [0.25, 0.3) is 0 Å². The number of phenols is 1. The normalized spacial score (nSPS) is 10.2. The van der Waals surface area contributed by atoms with Gasteiger partial charge in [0.15, 0.2) is 0 Å². The van der Waals surface area contributed by atoms with Crippen LogP contribution < -0.4 is 10.5 Å². The molecule has 4 heteroatoms. The Bertz CT molecular complexity index is 500. The Balaban J connectivity index is 2.07. The quantitative estimate of drug-likeness (QED) is 0.840. The number of phenolic OH excluding ortho intramolecular Hbond substituents is 1. The number of nitrogens with zero attached hydrogens (tertiary/aromatic N) is 1. The summed E-state index contributed by atoms with van der Waals surface area (Å²) in [5, 5.41) is 9.30. The summed E-state index contributed by atoms with van der Waals surface area (Å²) in [6.07, 6.45) is 3.45. The Hall–Kier alpha value is -2.07. The molecule has 0 saturated carbocycles. The first kappa shape index (κ1) is 11.4. The van der Waals surface area contributed by atoms with Gasteiger partial charge in [-0.25, -0.2) is 0 Å². The first-order chi connectivity index (χ1) is 8.29. The van der Waals surface area contributed by atoms with E-state index in [4.69, 9.17) is 10.5 Å².